The first-order valence-electron chi connectivity index (χ1n) is 16.2. The van der Waals surface area contributed by atoms with Crippen LogP contribution in [0.5, 0.6) is 0 Å². The highest BCUT2D eigenvalue weighted by atomic mass is 16.5. The molecule has 0 saturated heterocycles. The third-order valence-electron chi connectivity index (χ3n) is 7.67. The first-order chi connectivity index (χ1) is 17.8. The van der Waals surface area contributed by atoms with Gasteiger partial charge in [-0.2, -0.15) is 0 Å². The number of hydrogen-bond donors (Lipinski definition) is 0. The zero-order valence-electron chi connectivity index (χ0n) is 24.3. The van der Waals surface area contributed by atoms with Crippen LogP contribution >= 0.6 is 0 Å². The Hall–Kier alpha value is -1.05. The average Bonchev–Trinajstić information content (AvgIpc) is 2.88. The van der Waals surface area contributed by atoms with Gasteiger partial charge in [0.25, 0.3) is 0 Å². The average molecular weight is 503 g/mol. The highest BCUT2D eigenvalue weighted by Gasteiger charge is 2.07. The number of carbonyl (C=O) groups is 1. The molecular formula is C34H62O2. The lowest BCUT2D eigenvalue weighted by Gasteiger charge is -2.12. The molecule has 0 aromatic heterocycles. The number of allylic oxidation sites excluding steroid dienone is 4. The molecule has 210 valence electrons. The Morgan fingerprint density at radius 3 is 1.25 bits per heavy atom. The summed E-state index contributed by atoms with van der Waals surface area (Å²) in [4.78, 5) is 12.0. The van der Waals surface area contributed by atoms with Gasteiger partial charge in [0.1, 0.15) is 0 Å². The zero-order chi connectivity index (χ0) is 25.8. The number of ether oxygens (including phenoxy) is 1. The topological polar surface area (TPSA) is 26.3 Å². The van der Waals surface area contributed by atoms with Gasteiger partial charge in [0, 0.05) is 6.42 Å². The summed E-state index contributed by atoms with van der Waals surface area (Å²) in [6.45, 7) is 2.83. The predicted octanol–water partition coefficient (Wildman–Crippen LogP) is 11.4. The Balaban J connectivity index is 2.17. The van der Waals surface area contributed by atoms with Gasteiger partial charge in [0.05, 0.1) is 6.61 Å². The molecule has 2 nitrogen and oxygen atoms in total. The number of rotatable bonds is 0. The molecule has 36 heavy (non-hydrogen) atoms. The lowest BCUT2D eigenvalue weighted by Crippen LogP contribution is -2.11. The smallest absolute Gasteiger partial charge is 0.305 e. The molecule has 1 aliphatic rings. The van der Waals surface area contributed by atoms with Crippen LogP contribution in [0.25, 0.3) is 0 Å². The molecule has 2 heteroatoms. The van der Waals surface area contributed by atoms with Gasteiger partial charge in [-0.25, -0.2) is 0 Å². The molecule has 0 aromatic rings. The Morgan fingerprint density at radius 1 is 0.500 bits per heavy atom. The zero-order valence-corrected chi connectivity index (χ0v) is 24.3. The molecular weight excluding hydrogens is 440 g/mol. The molecule has 1 rings (SSSR count). The fourth-order valence-corrected chi connectivity index (χ4v) is 5.15. The molecule has 0 aliphatic carbocycles. The van der Waals surface area contributed by atoms with Crippen LogP contribution in [0.3, 0.4) is 0 Å². The van der Waals surface area contributed by atoms with E-state index in [0.717, 1.165) is 6.42 Å². The van der Waals surface area contributed by atoms with Crippen molar-refractivity contribution < 1.29 is 9.53 Å². The maximum atomic E-state index is 12.0. The standard InChI is InChI=1S/C34H62O2/c1-33-30-28-26-24-22-20-18-16-14-12-10-8-6-4-2-3-5-7-9-11-13-15-17-19-21-23-25-27-29-31-34(35)36-32-33/h3,5,18,20,33H,2,4,6-17,19,21-32H2,1H3/b5-3-,20-18-. The van der Waals surface area contributed by atoms with Crippen molar-refractivity contribution >= 4 is 5.97 Å². The molecule has 0 N–H and O–H groups in total. The number of hydrogen-bond acceptors (Lipinski definition) is 2. The molecule has 1 heterocycles. The summed E-state index contributed by atoms with van der Waals surface area (Å²) in [6.07, 6.45) is 43.1. The Kier molecular flexibility index (Phi) is 24.7. The highest BCUT2D eigenvalue weighted by molar-refractivity contribution is 5.69. The lowest BCUT2D eigenvalue weighted by molar-refractivity contribution is -0.145. The molecule has 0 radical (unpaired) electrons. The summed E-state index contributed by atoms with van der Waals surface area (Å²) in [7, 11) is 0. The minimum Gasteiger partial charge on any atom is -0.465 e. The van der Waals surface area contributed by atoms with Gasteiger partial charge in [-0.1, -0.05) is 128 Å². The Morgan fingerprint density at radius 2 is 0.833 bits per heavy atom. The van der Waals surface area contributed by atoms with Crippen LogP contribution in [0.4, 0.5) is 0 Å². The first-order valence-corrected chi connectivity index (χ1v) is 16.2. The van der Waals surface area contributed by atoms with Gasteiger partial charge in [-0.05, 0) is 70.1 Å². The van der Waals surface area contributed by atoms with Crippen molar-refractivity contribution in [2.24, 2.45) is 5.92 Å². The number of carbonyl (C=O) groups excluding carboxylic acids is 1. The van der Waals surface area contributed by atoms with Gasteiger partial charge in [0.2, 0.25) is 0 Å². The van der Waals surface area contributed by atoms with Gasteiger partial charge in [-0.15, -0.1) is 0 Å². The molecule has 1 atom stereocenters. The summed E-state index contributed by atoms with van der Waals surface area (Å²) in [5.74, 6) is 0.503. The van der Waals surface area contributed by atoms with Crippen LogP contribution in [-0.4, -0.2) is 12.6 Å². The highest BCUT2D eigenvalue weighted by Crippen LogP contribution is 2.15. The number of cyclic esters (lactones) is 1. The molecule has 0 amide bonds. The van der Waals surface area contributed by atoms with E-state index in [0.29, 0.717) is 18.9 Å². The van der Waals surface area contributed by atoms with Crippen LogP contribution in [-0.2, 0) is 9.53 Å². The van der Waals surface area contributed by atoms with E-state index < -0.39 is 0 Å². The van der Waals surface area contributed by atoms with E-state index in [1.54, 1.807) is 0 Å². The fraction of sp³-hybridized carbons (Fsp3) is 0.853. The summed E-state index contributed by atoms with van der Waals surface area (Å²) >= 11 is 0. The van der Waals surface area contributed by atoms with E-state index in [1.165, 1.54) is 154 Å². The third kappa shape index (κ3) is 24.6. The van der Waals surface area contributed by atoms with Crippen LogP contribution < -0.4 is 0 Å². The van der Waals surface area contributed by atoms with Crippen molar-refractivity contribution in [3.8, 4) is 0 Å². The first kappa shape index (κ1) is 33.0. The van der Waals surface area contributed by atoms with Crippen molar-refractivity contribution in [3.63, 3.8) is 0 Å². The number of esters is 1. The Bertz CT molecular complexity index is 521. The maximum Gasteiger partial charge on any atom is 0.305 e. The van der Waals surface area contributed by atoms with E-state index >= 15 is 0 Å². The van der Waals surface area contributed by atoms with Crippen molar-refractivity contribution in [2.75, 3.05) is 6.61 Å². The largest absolute Gasteiger partial charge is 0.465 e. The minimum atomic E-state index is 0.0136. The van der Waals surface area contributed by atoms with Crippen LogP contribution in [0, 0.1) is 5.92 Å². The maximum absolute atomic E-state index is 12.0. The second-order valence-corrected chi connectivity index (χ2v) is 11.5. The Labute approximate surface area is 226 Å². The molecule has 0 aromatic carbocycles. The molecule has 0 bridgehead atoms. The molecule has 1 aliphatic heterocycles. The van der Waals surface area contributed by atoms with Crippen molar-refractivity contribution in [1.82, 2.24) is 0 Å². The fourth-order valence-electron chi connectivity index (χ4n) is 5.15. The third-order valence-corrected chi connectivity index (χ3v) is 7.67. The van der Waals surface area contributed by atoms with E-state index in [9.17, 15) is 4.79 Å². The van der Waals surface area contributed by atoms with Crippen LogP contribution in [0.2, 0.25) is 0 Å². The second-order valence-electron chi connectivity index (χ2n) is 11.5. The van der Waals surface area contributed by atoms with Gasteiger partial charge >= 0.3 is 5.97 Å². The van der Waals surface area contributed by atoms with Crippen LogP contribution in [0.1, 0.15) is 174 Å². The predicted molar refractivity (Wildman–Crippen MR) is 158 cm³/mol. The van der Waals surface area contributed by atoms with Crippen molar-refractivity contribution in [2.45, 2.75) is 174 Å². The van der Waals surface area contributed by atoms with Gasteiger partial charge in [0.15, 0.2) is 0 Å². The van der Waals surface area contributed by atoms with E-state index in [1.807, 2.05) is 0 Å². The lowest BCUT2D eigenvalue weighted by atomic mass is 10.0. The van der Waals surface area contributed by atoms with Crippen molar-refractivity contribution in [3.05, 3.63) is 24.3 Å². The normalized spacial score (nSPS) is 26.1. The van der Waals surface area contributed by atoms with E-state index in [4.69, 9.17) is 4.74 Å². The van der Waals surface area contributed by atoms with E-state index in [2.05, 4.69) is 31.2 Å². The summed E-state index contributed by atoms with van der Waals surface area (Å²) in [5, 5.41) is 0. The van der Waals surface area contributed by atoms with E-state index in [-0.39, 0.29) is 5.97 Å². The summed E-state index contributed by atoms with van der Waals surface area (Å²) in [5.41, 5.74) is 0. The molecule has 1 unspecified atom stereocenters. The summed E-state index contributed by atoms with van der Waals surface area (Å²) < 4.78 is 5.52. The minimum absolute atomic E-state index is 0.0136. The van der Waals surface area contributed by atoms with Crippen molar-refractivity contribution in [1.29, 1.82) is 0 Å². The molecule has 0 fully saturated rings. The van der Waals surface area contributed by atoms with Gasteiger partial charge in [-0.3, -0.25) is 4.79 Å². The van der Waals surface area contributed by atoms with Gasteiger partial charge < -0.3 is 4.74 Å². The monoisotopic (exact) mass is 502 g/mol. The quantitative estimate of drug-likeness (QED) is 0.243. The molecule has 0 spiro atoms. The van der Waals surface area contributed by atoms with Crippen LogP contribution in [0.15, 0.2) is 24.3 Å². The SMILES string of the molecule is CC1CCCCC/C=C\CCCCCCCC/C=C\CCCCCCCCCCCCCC(=O)OC1. The summed E-state index contributed by atoms with van der Waals surface area (Å²) in [6, 6.07) is 0. The molecule has 0 saturated carbocycles. The second kappa shape index (κ2) is 27.0.